The van der Waals surface area contributed by atoms with E-state index in [1.807, 2.05) is 0 Å². The van der Waals surface area contributed by atoms with Crippen molar-refractivity contribution in [3.8, 4) is 0 Å². The molecule has 20 heavy (non-hydrogen) atoms. The molecule has 0 amide bonds. The van der Waals surface area contributed by atoms with Gasteiger partial charge in [0.2, 0.25) is 10.0 Å². The smallest absolute Gasteiger partial charge is 0.244 e. The van der Waals surface area contributed by atoms with E-state index in [1.54, 1.807) is 0 Å². The van der Waals surface area contributed by atoms with Gasteiger partial charge in [-0.2, -0.15) is 4.31 Å². The number of hydrogen-bond acceptors (Lipinski definition) is 3. The maximum Gasteiger partial charge on any atom is 0.244 e. The number of nitrogens with two attached hydrogens (primary N) is 1. The average molecular weight is 343 g/mol. The fourth-order valence-electron chi connectivity index (χ4n) is 2.21. The summed E-state index contributed by atoms with van der Waals surface area (Å²) in [6.45, 7) is 1.43. The van der Waals surface area contributed by atoms with Crippen LogP contribution in [0.4, 0.5) is 4.39 Å². The standard InChI is InChI=1S/C12H16ClFN2O2S.ClH/c13-11-7-10(14)1-2-12(11)19(17,18)16-5-3-9(8-15)4-6-16;/h1-2,7,9H,3-6,8,15H2;1H. The molecule has 0 saturated carbocycles. The van der Waals surface area contributed by atoms with Gasteiger partial charge < -0.3 is 5.73 Å². The van der Waals surface area contributed by atoms with Gasteiger partial charge in [0.05, 0.1) is 5.02 Å². The van der Waals surface area contributed by atoms with Crippen molar-refractivity contribution in [3.63, 3.8) is 0 Å². The first-order valence-corrected chi connectivity index (χ1v) is 7.92. The van der Waals surface area contributed by atoms with Crippen LogP contribution in [-0.4, -0.2) is 32.4 Å². The zero-order valence-electron chi connectivity index (χ0n) is 10.8. The molecule has 0 bridgehead atoms. The first kappa shape index (κ1) is 17.7. The van der Waals surface area contributed by atoms with Gasteiger partial charge in [0.1, 0.15) is 10.7 Å². The lowest BCUT2D eigenvalue weighted by molar-refractivity contribution is 0.278. The third-order valence-electron chi connectivity index (χ3n) is 3.42. The van der Waals surface area contributed by atoms with Crippen molar-refractivity contribution in [1.29, 1.82) is 0 Å². The van der Waals surface area contributed by atoms with Crippen LogP contribution in [0.15, 0.2) is 23.1 Å². The highest BCUT2D eigenvalue weighted by Crippen LogP contribution is 2.28. The molecule has 0 spiro atoms. The zero-order chi connectivity index (χ0) is 14.0. The van der Waals surface area contributed by atoms with Crippen LogP contribution in [0, 0.1) is 11.7 Å². The second-order valence-electron chi connectivity index (χ2n) is 4.66. The molecule has 1 aliphatic heterocycles. The molecule has 114 valence electrons. The molecule has 2 rings (SSSR count). The molecule has 1 saturated heterocycles. The highest BCUT2D eigenvalue weighted by molar-refractivity contribution is 7.89. The lowest BCUT2D eigenvalue weighted by Crippen LogP contribution is -2.40. The second kappa shape index (κ2) is 7.04. The van der Waals surface area contributed by atoms with E-state index in [2.05, 4.69) is 0 Å². The number of rotatable bonds is 3. The summed E-state index contributed by atoms with van der Waals surface area (Å²) in [6.07, 6.45) is 1.49. The Labute approximate surface area is 129 Å². The maximum absolute atomic E-state index is 13.0. The summed E-state index contributed by atoms with van der Waals surface area (Å²) in [5.41, 5.74) is 5.58. The summed E-state index contributed by atoms with van der Waals surface area (Å²) < 4.78 is 39.2. The van der Waals surface area contributed by atoms with Gasteiger partial charge in [-0.15, -0.1) is 12.4 Å². The summed E-state index contributed by atoms with van der Waals surface area (Å²) >= 11 is 5.82. The quantitative estimate of drug-likeness (QED) is 0.916. The van der Waals surface area contributed by atoms with Crippen LogP contribution in [-0.2, 0) is 10.0 Å². The zero-order valence-corrected chi connectivity index (χ0v) is 13.1. The first-order valence-electron chi connectivity index (χ1n) is 6.10. The predicted molar refractivity (Wildman–Crippen MR) is 79.2 cm³/mol. The number of nitrogens with zero attached hydrogens (tertiary/aromatic N) is 1. The summed E-state index contributed by atoms with van der Waals surface area (Å²) in [5, 5.41) is -0.0825. The molecule has 2 N–H and O–H groups in total. The number of piperidine rings is 1. The second-order valence-corrected chi connectivity index (χ2v) is 6.97. The highest BCUT2D eigenvalue weighted by Gasteiger charge is 2.30. The summed E-state index contributed by atoms with van der Waals surface area (Å²) in [4.78, 5) is -0.0400. The van der Waals surface area contributed by atoms with Crippen LogP contribution < -0.4 is 5.73 Å². The first-order chi connectivity index (χ1) is 8.95. The van der Waals surface area contributed by atoms with Gasteiger partial charge in [-0.1, -0.05) is 11.6 Å². The fraction of sp³-hybridized carbons (Fsp3) is 0.500. The van der Waals surface area contributed by atoms with Gasteiger partial charge in [0, 0.05) is 13.1 Å². The third-order valence-corrected chi connectivity index (χ3v) is 5.80. The molecule has 1 fully saturated rings. The normalized spacial score (nSPS) is 17.8. The van der Waals surface area contributed by atoms with Gasteiger partial charge >= 0.3 is 0 Å². The SMILES string of the molecule is Cl.NCC1CCN(S(=O)(=O)c2ccc(F)cc2Cl)CC1. The topological polar surface area (TPSA) is 63.4 Å². The van der Waals surface area contributed by atoms with Crippen LogP contribution in [0.3, 0.4) is 0 Å². The predicted octanol–water partition coefficient (Wildman–Crippen LogP) is 2.26. The van der Waals surface area contributed by atoms with Crippen molar-refractivity contribution < 1.29 is 12.8 Å². The molecule has 1 aromatic rings. The molecule has 0 unspecified atom stereocenters. The van der Waals surface area contributed by atoms with Crippen molar-refractivity contribution in [2.75, 3.05) is 19.6 Å². The molecule has 8 heteroatoms. The van der Waals surface area contributed by atoms with E-state index >= 15 is 0 Å². The van der Waals surface area contributed by atoms with E-state index in [4.69, 9.17) is 17.3 Å². The van der Waals surface area contributed by atoms with E-state index in [0.29, 0.717) is 25.6 Å². The fourth-order valence-corrected chi connectivity index (χ4v) is 4.18. The van der Waals surface area contributed by atoms with Crippen molar-refractivity contribution >= 4 is 34.0 Å². The third kappa shape index (κ3) is 3.62. The Morgan fingerprint density at radius 2 is 1.95 bits per heavy atom. The molecule has 1 aliphatic rings. The van der Waals surface area contributed by atoms with E-state index in [0.717, 1.165) is 25.0 Å². The lowest BCUT2D eigenvalue weighted by Gasteiger charge is -2.30. The molecule has 0 atom stereocenters. The molecule has 0 radical (unpaired) electrons. The van der Waals surface area contributed by atoms with E-state index in [9.17, 15) is 12.8 Å². The minimum absolute atomic E-state index is 0. The maximum atomic E-state index is 13.0. The van der Waals surface area contributed by atoms with Crippen molar-refractivity contribution in [2.24, 2.45) is 11.7 Å². The van der Waals surface area contributed by atoms with Crippen LogP contribution in [0.25, 0.3) is 0 Å². The lowest BCUT2D eigenvalue weighted by atomic mass is 9.99. The van der Waals surface area contributed by atoms with Gasteiger partial charge in [-0.3, -0.25) is 0 Å². The summed E-state index contributed by atoms with van der Waals surface area (Å²) in [5.74, 6) is -0.180. The van der Waals surface area contributed by atoms with Crippen molar-refractivity contribution in [2.45, 2.75) is 17.7 Å². The van der Waals surface area contributed by atoms with E-state index < -0.39 is 15.8 Å². The molecule has 1 heterocycles. The van der Waals surface area contributed by atoms with Gasteiger partial charge in [-0.05, 0) is 43.5 Å². The summed E-state index contributed by atoms with van der Waals surface area (Å²) in [6, 6.07) is 3.33. The highest BCUT2D eigenvalue weighted by atomic mass is 35.5. The molecular weight excluding hydrogens is 326 g/mol. The monoisotopic (exact) mass is 342 g/mol. The van der Waals surface area contributed by atoms with Crippen LogP contribution >= 0.6 is 24.0 Å². The Kier molecular flexibility index (Phi) is 6.22. The van der Waals surface area contributed by atoms with E-state index in [1.165, 1.54) is 10.4 Å². The summed E-state index contributed by atoms with van der Waals surface area (Å²) in [7, 11) is -3.65. The Bertz CT molecular complexity index is 561. The Morgan fingerprint density at radius 1 is 1.35 bits per heavy atom. The van der Waals surface area contributed by atoms with Crippen molar-refractivity contribution in [1.82, 2.24) is 4.31 Å². The largest absolute Gasteiger partial charge is 0.330 e. The minimum atomic E-state index is -3.65. The number of halogens is 3. The van der Waals surface area contributed by atoms with Crippen LogP contribution in [0.1, 0.15) is 12.8 Å². The number of benzene rings is 1. The number of sulfonamides is 1. The van der Waals surface area contributed by atoms with Gasteiger partial charge in [-0.25, -0.2) is 12.8 Å². The van der Waals surface area contributed by atoms with Crippen LogP contribution in [0.2, 0.25) is 5.02 Å². The average Bonchev–Trinajstić information content (AvgIpc) is 2.38. The Balaban J connectivity index is 0.00000200. The van der Waals surface area contributed by atoms with Crippen molar-refractivity contribution in [3.05, 3.63) is 29.0 Å². The van der Waals surface area contributed by atoms with Crippen LogP contribution in [0.5, 0.6) is 0 Å². The van der Waals surface area contributed by atoms with E-state index in [-0.39, 0.29) is 22.3 Å². The Hall–Kier alpha value is -0.400. The molecule has 0 aliphatic carbocycles. The van der Waals surface area contributed by atoms with Gasteiger partial charge in [0.25, 0.3) is 0 Å². The molecule has 1 aromatic carbocycles. The number of hydrogen-bond donors (Lipinski definition) is 1. The molecular formula is C12H17Cl2FN2O2S. The molecule has 4 nitrogen and oxygen atoms in total. The molecule has 0 aromatic heterocycles. The van der Waals surface area contributed by atoms with Gasteiger partial charge in [0.15, 0.2) is 0 Å². The Morgan fingerprint density at radius 3 is 2.45 bits per heavy atom. The minimum Gasteiger partial charge on any atom is -0.330 e.